The molecule has 0 bridgehead atoms. The van der Waals surface area contributed by atoms with Crippen LogP contribution in [0.3, 0.4) is 0 Å². The van der Waals surface area contributed by atoms with Crippen LogP contribution in [0, 0.1) is 27.7 Å². The van der Waals surface area contributed by atoms with Crippen LogP contribution in [-0.4, -0.2) is 8.80 Å². The second kappa shape index (κ2) is 31.7. The third-order valence-electron chi connectivity index (χ3n) is 26.9. The highest BCUT2D eigenvalue weighted by Crippen LogP contribution is 2.55. The van der Waals surface area contributed by atoms with E-state index in [1.54, 1.807) is 0 Å². The van der Waals surface area contributed by atoms with Crippen molar-refractivity contribution < 1.29 is 0 Å². The summed E-state index contributed by atoms with van der Waals surface area (Å²) < 4.78 is 5.08. The maximum atomic E-state index is 2.56. The Morgan fingerprint density at radius 1 is 0.146 bits per heavy atom. The van der Waals surface area contributed by atoms with Crippen molar-refractivity contribution >= 4 is 144 Å². The fourth-order valence-corrected chi connectivity index (χ4v) is 20.6. The Morgan fingerprint density at radius 3 is 0.600 bits per heavy atom. The summed E-state index contributed by atoms with van der Waals surface area (Å²) in [6.07, 6.45) is 0. The van der Waals surface area contributed by atoms with Crippen LogP contribution < -0.4 is 19.6 Å². The Kier molecular flexibility index (Phi) is 18.7. The Balaban J connectivity index is 0.610. The number of hydrogen-bond donors (Lipinski definition) is 0. The van der Waals surface area contributed by atoms with E-state index in [-0.39, 0.29) is 0 Å². The zero-order valence-electron chi connectivity index (χ0n) is 72.6. The van der Waals surface area contributed by atoms with E-state index in [1.807, 2.05) is 0 Å². The van der Waals surface area contributed by atoms with E-state index in [1.165, 1.54) is 121 Å². The molecule has 0 unspecified atom stereocenters. The molecule has 0 aliphatic rings. The molecule has 0 saturated heterocycles. The van der Waals surface area contributed by atoms with Crippen molar-refractivity contribution in [1.82, 2.24) is 8.80 Å². The van der Waals surface area contributed by atoms with E-state index in [0.717, 1.165) is 124 Å². The molecular weight excluding hydrogens is 1570 g/mol. The van der Waals surface area contributed by atoms with Gasteiger partial charge in [0.2, 0.25) is 0 Å². The third kappa shape index (κ3) is 12.9. The number of nitrogens with zero attached hydrogens (tertiary/aromatic N) is 6. The minimum atomic E-state index is 1.06. The van der Waals surface area contributed by atoms with E-state index in [0.29, 0.717) is 0 Å². The van der Waals surface area contributed by atoms with Gasteiger partial charge in [-0.1, -0.05) is 340 Å². The second-order valence-corrected chi connectivity index (χ2v) is 34.5. The van der Waals surface area contributed by atoms with Crippen LogP contribution in [-0.2, 0) is 0 Å². The lowest BCUT2D eigenvalue weighted by Gasteiger charge is -2.31. The molecule has 4 heterocycles. The minimum Gasteiger partial charge on any atom is -0.310 e. The van der Waals surface area contributed by atoms with E-state index < -0.39 is 0 Å². The summed E-state index contributed by atoms with van der Waals surface area (Å²) in [7, 11) is 0. The van der Waals surface area contributed by atoms with E-state index in [2.05, 4.69) is 517 Å². The maximum Gasteiger partial charge on any atom is 0.0622 e. The van der Waals surface area contributed by atoms with Crippen LogP contribution in [0.5, 0.6) is 0 Å². The molecule has 24 aromatic rings. The first-order valence-electron chi connectivity index (χ1n) is 44.9. The zero-order chi connectivity index (χ0) is 86.6. The van der Waals surface area contributed by atoms with E-state index in [9.17, 15) is 0 Å². The first kappa shape index (κ1) is 76.8. The van der Waals surface area contributed by atoms with Crippen LogP contribution in [0.2, 0.25) is 0 Å². The molecule has 20 aromatic carbocycles. The Hall–Kier alpha value is -16.8. The average molecular weight is 1660 g/mol. The molecule has 0 aliphatic carbocycles. The molecule has 0 saturated carbocycles. The molecule has 130 heavy (non-hydrogen) atoms. The fourth-order valence-electron chi connectivity index (χ4n) is 20.6. The largest absolute Gasteiger partial charge is 0.310 e. The summed E-state index contributed by atoms with van der Waals surface area (Å²) in [6.45, 7) is 9.05. The van der Waals surface area contributed by atoms with Gasteiger partial charge in [0.25, 0.3) is 0 Å². The van der Waals surface area contributed by atoms with Crippen LogP contribution >= 0.6 is 0 Å². The normalized spacial score (nSPS) is 11.7. The SMILES string of the molecule is Cc1ccc(-c2ccccc2)cc1N(c1cc(-c2ccccc2)ccc1C)c1cccc2c1c1cccc3c4c(N(c5cc(-c6ccccc6)ccc5C)c5cc(-c6ccc(-c7ccc(N(c8ccc(-c9ccccc9)cc8)c8cccc9c8c8cccc%10c%11c(N(c%12ccccc%12)c%12ccc(-c%13ccccc%13)cc%12)cccc%11n9c%108)cc7)cc6)ccc5C)cccc4n2c13. The number of fused-ring (bicyclic) bond motifs is 12. The summed E-state index contributed by atoms with van der Waals surface area (Å²) >= 11 is 0. The van der Waals surface area contributed by atoms with Gasteiger partial charge in [0, 0.05) is 88.6 Å². The predicted molar refractivity (Wildman–Crippen MR) is 551 cm³/mol. The fraction of sp³-hybridized carbons (Fsp3) is 0.0323. The monoisotopic (exact) mass is 1660 g/mol. The van der Waals surface area contributed by atoms with E-state index in [4.69, 9.17) is 0 Å². The van der Waals surface area contributed by atoms with Crippen LogP contribution in [0.25, 0.3) is 154 Å². The van der Waals surface area contributed by atoms with Crippen LogP contribution in [0.15, 0.2) is 461 Å². The number of rotatable bonds is 19. The van der Waals surface area contributed by atoms with Gasteiger partial charge in [-0.25, -0.2) is 0 Å². The van der Waals surface area contributed by atoms with Gasteiger partial charge in [-0.2, -0.15) is 0 Å². The van der Waals surface area contributed by atoms with Gasteiger partial charge >= 0.3 is 0 Å². The smallest absolute Gasteiger partial charge is 0.0622 e. The summed E-state index contributed by atoms with van der Waals surface area (Å²) in [4.78, 5) is 10.00. The summed E-state index contributed by atoms with van der Waals surface area (Å²) in [6, 6.07) is 170. The van der Waals surface area contributed by atoms with E-state index >= 15 is 0 Å². The van der Waals surface area contributed by atoms with Crippen molar-refractivity contribution in [2.45, 2.75) is 27.7 Å². The van der Waals surface area contributed by atoms with Gasteiger partial charge in [0.05, 0.1) is 55.8 Å². The molecular formula is C124H88N6. The molecule has 6 nitrogen and oxygen atoms in total. The van der Waals surface area contributed by atoms with Crippen molar-refractivity contribution in [3.05, 3.63) is 483 Å². The molecule has 24 rings (SSSR count). The third-order valence-corrected chi connectivity index (χ3v) is 26.9. The average Bonchev–Trinajstić information content (AvgIpc) is 1.53. The quantitative estimate of drug-likeness (QED) is 0.0804. The minimum absolute atomic E-state index is 1.06. The molecule has 0 atom stereocenters. The molecule has 0 aliphatic heterocycles. The number of aromatic nitrogens is 2. The van der Waals surface area contributed by atoms with Crippen molar-refractivity contribution in [3.63, 3.8) is 0 Å². The summed E-state index contributed by atoms with van der Waals surface area (Å²) in [5, 5.41) is 9.59. The van der Waals surface area contributed by atoms with Gasteiger partial charge in [-0.3, -0.25) is 0 Å². The van der Waals surface area contributed by atoms with Crippen LogP contribution in [0.4, 0.5) is 68.2 Å². The molecule has 0 radical (unpaired) electrons. The second-order valence-electron chi connectivity index (χ2n) is 34.5. The molecule has 0 amide bonds. The first-order chi connectivity index (χ1) is 64.2. The molecule has 614 valence electrons. The lowest BCUT2D eigenvalue weighted by molar-refractivity contribution is 1.23. The Morgan fingerprint density at radius 2 is 0.338 bits per heavy atom. The highest BCUT2D eigenvalue weighted by atomic mass is 15.2. The van der Waals surface area contributed by atoms with Crippen molar-refractivity contribution in [1.29, 1.82) is 0 Å². The lowest BCUT2D eigenvalue weighted by Crippen LogP contribution is -2.14. The first-order valence-corrected chi connectivity index (χ1v) is 44.9. The van der Waals surface area contributed by atoms with Gasteiger partial charge in [-0.15, -0.1) is 0 Å². The van der Waals surface area contributed by atoms with Gasteiger partial charge < -0.3 is 28.4 Å². The predicted octanol–water partition coefficient (Wildman–Crippen LogP) is 34.8. The number of benzene rings is 20. The number of hydrogen-bond acceptors (Lipinski definition) is 4. The van der Waals surface area contributed by atoms with Gasteiger partial charge in [0.15, 0.2) is 0 Å². The van der Waals surface area contributed by atoms with Gasteiger partial charge in [0.1, 0.15) is 0 Å². The topological polar surface area (TPSA) is 21.8 Å². The van der Waals surface area contributed by atoms with Crippen LogP contribution in [0.1, 0.15) is 22.3 Å². The zero-order valence-corrected chi connectivity index (χ0v) is 72.6. The molecule has 0 spiro atoms. The maximum absolute atomic E-state index is 2.56. The molecule has 0 fully saturated rings. The standard InChI is InChI=1S/C124H88N6/c1-81-53-57-95(87-33-15-7-16-34-87)77-115(81)127(116-78-96(58-54-82(116)2)88-35-17-8-18-36-88)109-47-27-51-113-121(109)105-43-24-44-106-122-110(48-28-52-114(122)130(113)124(105)106)128(117-79-97(59-55-83(117)3)89-37-19-9-20-38-89)118-80-98(60-56-84(118)4)94-63-61-90(62-64-94)93-69-75-102(76-70-93)126(101-73-67-92(68-74-101)86-31-13-6-14-32-86)108-46-26-50-112-120(108)104-42-23-41-103-119-107(45-25-49-111(119)129(112)123(103)104)125(99-39-21-10-22-40-99)100-71-65-91(66-72-100)85-29-11-5-12-30-85/h5-80H,1-4H3. The molecule has 4 aromatic heterocycles. The Bertz CT molecular complexity index is 8310. The molecule has 6 heteroatoms. The highest BCUT2D eigenvalue weighted by Gasteiger charge is 2.31. The number of para-hydroxylation sites is 3. The molecule has 0 N–H and O–H groups in total. The highest BCUT2D eigenvalue weighted by molar-refractivity contribution is 6.30. The van der Waals surface area contributed by atoms with Crippen molar-refractivity contribution in [3.8, 4) is 77.9 Å². The summed E-state index contributed by atoms with van der Waals surface area (Å²) in [5.41, 5.74) is 41.2. The number of anilines is 12. The van der Waals surface area contributed by atoms with Crippen molar-refractivity contribution in [2.24, 2.45) is 0 Å². The number of aryl methyl sites for hydroxylation is 4. The van der Waals surface area contributed by atoms with Gasteiger partial charge in [-0.05, 0) is 249 Å². The summed E-state index contributed by atoms with van der Waals surface area (Å²) in [5.74, 6) is 0. The van der Waals surface area contributed by atoms with Crippen molar-refractivity contribution in [2.75, 3.05) is 19.6 Å². The Labute approximate surface area is 756 Å². The lowest BCUT2D eigenvalue weighted by atomic mass is 9.96.